The summed E-state index contributed by atoms with van der Waals surface area (Å²) in [5, 5.41) is 0. The predicted octanol–water partition coefficient (Wildman–Crippen LogP) is 3.50. The number of aryl methyl sites for hydroxylation is 1. The molecule has 16 heavy (non-hydrogen) atoms. The Kier molecular flexibility index (Phi) is 3.09. The van der Waals surface area contributed by atoms with E-state index in [0.29, 0.717) is 11.8 Å². The number of hydrogen-bond acceptors (Lipinski definition) is 1. The molecule has 0 aliphatic heterocycles. The first kappa shape index (κ1) is 10.9. The van der Waals surface area contributed by atoms with Crippen LogP contribution in [0.1, 0.15) is 25.4 Å². The molecule has 0 spiro atoms. The summed E-state index contributed by atoms with van der Waals surface area (Å²) in [4.78, 5) is 7.52. The molecule has 84 valence electrons. The standard InChI is InChI=1S/C14H18N2/c1-10-4-5-11(2)8-13(7-6-10)14-9-15-12(3)16-14/h4-11H,1-3H3,(H,15,16)/b5-4-,7-6-,13-8+. The van der Waals surface area contributed by atoms with Gasteiger partial charge in [-0.05, 0) is 24.3 Å². The van der Waals surface area contributed by atoms with Crippen molar-refractivity contribution in [2.75, 3.05) is 0 Å². The Hall–Kier alpha value is -1.57. The van der Waals surface area contributed by atoms with Crippen LogP contribution in [0.5, 0.6) is 0 Å². The lowest BCUT2D eigenvalue weighted by molar-refractivity contribution is 0.876. The van der Waals surface area contributed by atoms with Gasteiger partial charge in [0.15, 0.2) is 0 Å². The van der Waals surface area contributed by atoms with Crippen LogP contribution in [0, 0.1) is 18.8 Å². The Bertz CT molecular complexity index is 449. The minimum atomic E-state index is 0.464. The largest absolute Gasteiger partial charge is 0.342 e. The Balaban J connectivity index is 2.35. The third-order valence-corrected chi connectivity index (χ3v) is 2.75. The van der Waals surface area contributed by atoms with Crippen LogP contribution in [-0.2, 0) is 0 Å². The zero-order chi connectivity index (χ0) is 11.5. The molecule has 2 heteroatoms. The van der Waals surface area contributed by atoms with Gasteiger partial charge in [-0.1, -0.05) is 44.2 Å². The number of nitrogens with zero attached hydrogens (tertiary/aromatic N) is 1. The Morgan fingerprint density at radius 2 is 1.88 bits per heavy atom. The molecule has 1 aliphatic carbocycles. The highest BCUT2D eigenvalue weighted by atomic mass is 14.9. The van der Waals surface area contributed by atoms with Gasteiger partial charge in [0.1, 0.15) is 5.82 Å². The van der Waals surface area contributed by atoms with Crippen molar-refractivity contribution in [2.45, 2.75) is 20.8 Å². The van der Waals surface area contributed by atoms with Crippen LogP contribution in [-0.4, -0.2) is 9.97 Å². The molecule has 0 fully saturated rings. The molecule has 0 bridgehead atoms. The van der Waals surface area contributed by atoms with Crippen molar-refractivity contribution < 1.29 is 0 Å². The number of aromatic amines is 1. The zero-order valence-corrected chi connectivity index (χ0v) is 10.1. The highest BCUT2D eigenvalue weighted by Gasteiger charge is 2.06. The van der Waals surface area contributed by atoms with Gasteiger partial charge in [-0.25, -0.2) is 4.98 Å². The number of H-pyrrole nitrogens is 1. The van der Waals surface area contributed by atoms with E-state index in [0.717, 1.165) is 11.5 Å². The van der Waals surface area contributed by atoms with E-state index in [2.05, 4.69) is 54.2 Å². The molecule has 2 nitrogen and oxygen atoms in total. The lowest BCUT2D eigenvalue weighted by Crippen LogP contribution is -1.94. The molecule has 0 saturated heterocycles. The number of hydrogen-bond donors (Lipinski definition) is 1. The van der Waals surface area contributed by atoms with Gasteiger partial charge in [-0.15, -0.1) is 0 Å². The van der Waals surface area contributed by atoms with Crippen molar-refractivity contribution in [2.24, 2.45) is 11.8 Å². The summed E-state index contributed by atoms with van der Waals surface area (Å²) in [5.41, 5.74) is 2.33. The van der Waals surface area contributed by atoms with Gasteiger partial charge in [-0.3, -0.25) is 0 Å². The van der Waals surface area contributed by atoms with Gasteiger partial charge in [0.25, 0.3) is 0 Å². The SMILES string of the molecule is Cc1ncc(C2=C/C(C)/C=C\C(C)/C=C\2)[nH]1. The van der Waals surface area contributed by atoms with E-state index in [1.807, 2.05) is 13.1 Å². The summed E-state index contributed by atoms with van der Waals surface area (Å²) in [6.07, 6.45) is 13.0. The van der Waals surface area contributed by atoms with Crippen molar-refractivity contribution in [3.63, 3.8) is 0 Å². The Morgan fingerprint density at radius 3 is 2.56 bits per heavy atom. The molecule has 1 aliphatic rings. The molecule has 0 amide bonds. The fourth-order valence-electron chi connectivity index (χ4n) is 1.81. The lowest BCUT2D eigenvalue weighted by atomic mass is 9.98. The molecule has 1 heterocycles. The average Bonchev–Trinajstić information content (AvgIpc) is 2.65. The van der Waals surface area contributed by atoms with Crippen LogP contribution in [0.3, 0.4) is 0 Å². The highest BCUT2D eigenvalue weighted by molar-refractivity contribution is 5.72. The summed E-state index contributed by atoms with van der Waals surface area (Å²) in [7, 11) is 0. The molecule has 0 aromatic carbocycles. The second-order valence-electron chi connectivity index (χ2n) is 4.47. The molecule has 1 aromatic heterocycles. The van der Waals surface area contributed by atoms with E-state index in [9.17, 15) is 0 Å². The summed E-state index contributed by atoms with van der Waals surface area (Å²) in [6, 6.07) is 0. The van der Waals surface area contributed by atoms with E-state index in [4.69, 9.17) is 0 Å². The third-order valence-electron chi connectivity index (χ3n) is 2.75. The first-order chi connectivity index (χ1) is 7.65. The smallest absolute Gasteiger partial charge is 0.103 e. The topological polar surface area (TPSA) is 28.7 Å². The molecule has 2 unspecified atom stereocenters. The first-order valence-electron chi connectivity index (χ1n) is 5.75. The maximum Gasteiger partial charge on any atom is 0.103 e. The molecule has 2 atom stereocenters. The lowest BCUT2D eigenvalue weighted by Gasteiger charge is -2.09. The second kappa shape index (κ2) is 4.52. The van der Waals surface area contributed by atoms with Gasteiger partial charge < -0.3 is 4.98 Å². The molecule has 0 saturated carbocycles. The van der Waals surface area contributed by atoms with Crippen LogP contribution < -0.4 is 0 Å². The minimum absolute atomic E-state index is 0.464. The summed E-state index contributed by atoms with van der Waals surface area (Å²) >= 11 is 0. The number of aromatic nitrogens is 2. The van der Waals surface area contributed by atoms with Crippen molar-refractivity contribution >= 4 is 5.57 Å². The molecular weight excluding hydrogens is 196 g/mol. The predicted molar refractivity (Wildman–Crippen MR) is 67.9 cm³/mol. The number of nitrogens with one attached hydrogen (secondary N) is 1. The zero-order valence-electron chi connectivity index (χ0n) is 10.1. The van der Waals surface area contributed by atoms with Gasteiger partial charge in [-0.2, -0.15) is 0 Å². The quantitative estimate of drug-likeness (QED) is 0.712. The van der Waals surface area contributed by atoms with Gasteiger partial charge in [0.2, 0.25) is 0 Å². The first-order valence-corrected chi connectivity index (χ1v) is 5.75. The third kappa shape index (κ3) is 2.51. The van der Waals surface area contributed by atoms with Gasteiger partial charge in [0, 0.05) is 0 Å². The van der Waals surface area contributed by atoms with Gasteiger partial charge >= 0.3 is 0 Å². The molecule has 1 aromatic rings. The van der Waals surface area contributed by atoms with Crippen LogP contribution in [0.25, 0.3) is 5.57 Å². The Morgan fingerprint density at radius 1 is 1.12 bits per heavy atom. The summed E-state index contributed by atoms with van der Waals surface area (Å²) in [5.74, 6) is 1.92. The van der Waals surface area contributed by atoms with E-state index in [1.54, 1.807) is 0 Å². The molecular formula is C14H18N2. The van der Waals surface area contributed by atoms with Crippen LogP contribution in [0.2, 0.25) is 0 Å². The van der Waals surface area contributed by atoms with Crippen molar-refractivity contribution in [1.29, 1.82) is 0 Å². The fourth-order valence-corrected chi connectivity index (χ4v) is 1.81. The van der Waals surface area contributed by atoms with Crippen molar-refractivity contribution in [3.05, 3.63) is 48.1 Å². The van der Waals surface area contributed by atoms with Crippen LogP contribution >= 0.6 is 0 Å². The number of allylic oxidation sites excluding steroid dienone is 6. The second-order valence-corrected chi connectivity index (χ2v) is 4.47. The average molecular weight is 214 g/mol. The van der Waals surface area contributed by atoms with Gasteiger partial charge in [0.05, 0.1) is 11.9 Å². The maximum atomic E-state index is 4.24. The van der Waals surface area contributed by atoms with E-state index < -0.39 is 0 Å². The van der Waals surface area contributed by atoms with E-state index in [-0.39, 0.29) is 0 Å². The molecule has 2 rings (SSSR count). The van der Waals surface area contributed by atoms with Crippen LogP contribution in [0.15, 0.2) is 36.6 Å². The summed E-state index contributed by atoms with van der Waals surface area (Å²) < 4.78 is 0. The minimum Gasteiger partial charge on any atom is -0.342 e. The van der Waals surface area contributed by atoms with E-state index in [1.165, 1.54) is 5.57 Å². The number of imidazole rings is 1. The highest BCUT2D eigenvalue weighted by Crippen LogP contribution is 2.21. The van der Waals surface area contributed by atoms with E-state index >= 15 is 0 Å². The van der Waals surface area contributed by atoms with Crippen molar-refractivity contribution in [3.8, 4) is 0 Å². The monoisotopic (exact) mass is 214 g/mol. The number of rotatable bonds is 1. The maximum absolute atomic E-state index is 4.24. The normalized spacial score (nSPS) is 32.3. The summed E-state index contributed by atoms with van der Waals surface area (Å²) in [6.45, 7) is 6.37. The Labute approximate surface area is 96.8 Å². The fraction of sp³-hybridized carbons (Fsp3) is 0.357. The molecule has 0 radical (unpaired) electrons. The van der Waals surface area contributed by atoms with Crippen molar-refractivity contribution in [1.82, 2.24) is 9.97 Å². The molecule has 1 N–H and O–H groups in total. The van der Waals surface area contributed by atoms with Crippen LogP contribution in [0.4, 0.5) is 0 Å².